The van der Waals surface area contributed by atoms with Crippen LogP contribution in [-0.4, -0.2) is 19.6 Å². The number of hydrogen-bond donors (Lipinski definition) is 1. The van der Waals surface area contributed by atoms with Gasteiger partial charge in [-0.3, -0.25) is 0 Å². The van der Waals surface area contributed by atoms with Crippen LogP contribution in [0.25, 0.3) is 0 Å². The SMILES string of the molecule is CCN(c1ccc(F)cc1CNC)C(C)C. The molecule has 0 aliphatic heterocycles. The molecule has 0 aromatic heterocycles. The minimum Gasteiger partial charge on any atom is -0.369 e. The highest BCUT2D eigenvalue weighted by Gasteiger charge is 2.12. The maximum atomic E-state index is 13.2. The van der Waals surface area contributed by atoms with Gasteiger partial charge in [-0.2, -0.15) is 0 Å². The Balaban J connectivity index is 3.09. The fourth-order valence-corrected chi connectivity index (χ4v) is 1.98. The molecular weight excluding hydrogens is 203 g/mol. The van der Waals surface area contributed by atoms with Gasteiger partial charge in [0.05, 0.1) is 0 Å². The standard InChI is InChI=1S/C13H21FN2/c1-5-16(10(2)3)13-7-6-12(14)8-11(13)9-15-4/h6-8,10,15H,5,9H2,1-4H3. The Labute approximate surface area is 97.5 Å². The molecule has 0 unspecified atom stereocenters. The summed E-state index contributed by atoms with van der Waals surface area (Å²) >= 11 is 0. The van der Waals surface area contributed by atoms with Crippen LogP contribution in [0.1, 0.15) is 26.3 Å². The van der Waals surface area contributed by atoms with Crippen molar-refractivity contribution in [2.75, 3.05) is 18.5 Å². The number of benzene rings is 1. The van der Waals surface area contributed by atoms with Crippen LogP contribution < -0.4 is 10.2 Å². The smallest absolute Gasteiger partial charge is 0.123 e. The zero-order chi connectivity index (χ0) is 12.1. The summed E-state index contributed by atoms with van der Waals surface area (Å²) in [5.74, 6) is -0.172. The first-order valence-corrected chi connectivity index (χ1v) is 5.79. The van der Waals surface area contributed by atoms with Crippen molar-refractivity contribution in [3.8, 4) is 0 Å². The number of rotatable bonds is 5. The molecule has 1 aromatic carbocycles. The maximum Gasteiger partial charge on any atom is 0.123 e. The summed E-state index contributed by atoms with van der Waals surface area (Å²) in [6, 6.07) is 5.42. The average Bonchev–Trinajstić information content (AvgIpc) is 2.22. The van der Waals surface area contributed by atoms with Crippen molar-refractivity contribution in [1.29, 1.82) is 0 Å². The zero-order valence-electron chi connectivity index (χ0n) is 10.5. The van der Waals surface area contributed by atoms with E-state index in [1.54, 1.807) is 6.07 Å². The molecule has 90 valence electrons. The summed E-state index contributed by atoms with van der Waals surface area (Å²) in [6.45, 7) is 8.04. The molecule has 0 spiro atoms. The van der Waals surface area contributed by atoms with Crippen molar-refractivity contribution in [2.45, 2.75) is 33.4 Å². The van der Waals surface area contributed by atoms with E-state index in [9.17, 15) is 4.39 Å². The molecule has 0 radical (unpaired) electrons. The second-order valence-corrected chi connectivity index (χ2v) is 4.18. The van der Waals surface area contributed by atoms with Gasteiger partial charge in [0.2, 0.25) is 0 Å². The largest absolute Gasteiger partial charge is 0.369 e. The van der Waals surface area contributed by atoms with Gasteiger partial charge in [0.1, 0.15) is 5.82 Å². The van der Waals surface area contributed by atoms with E-state index < -0.39 is 0 Å². The van der Waals surface area contributed by atoms with Gasteiger partial charge in [-0.1, -0.05) is 0 Å². The molecule has 16 heavy (non-hydrogen) atoms. The van der Waals surface area contributed by atoms with Crippen LogP contribution in [0.5, 0.6) is 0 Å². The molecule has 0 heterocycles. The molecule has 0 atom stereocenters. The second-order valence-electron chi connectivity index (χ2n) is 4.18. The van der Waals surface area contributed by atoms with Crippen LogP contribution >= 0.6 is 0 Å². The normalized spacial score (nSPS) is 10.9. The highest BCUT2D eigenvalue weighted by molar-refractivity contribution is 5.54. The van der Waals surface area contributed by atoms with Gasteiger partial charge >= 0.3 is 0 Å². The zero-order valence-corrected chi connectivity index (χ0v) is 10.5. The molecule has 0 aliphatic rings. The number of hydrogen-bond acceptors (Lipinski definition) is 2. The maximum absolute atomic E-state index is 13.2. The lowest BCUT2D eigenvalue weighted by molar-refractivity contribution is 0.621. The van der Waals surface area contributed by atoms with Gasteiger partial charge in [0, 0.05) is 24.8 Å². The van der Waals surface area contributed by atoms with Crippen LogP contribution in [-0.2, 0) is 6.54 Å². The topological polar surface area (TPSA) is 15.3 Å². The Bertz CT molecular complexity index is 337. The molecule has 1 aromatic rings. The first-order chi connectivity index (χ1) is 7.60. The predicted molar refractivity (Wildman–Crippen MR) is 67.3 cm³/mol. The molecule has 0 saturated heterocycles. The van der Waals surface area contributed by atoms with E-state index >= 15 is 0 Å². The lowest BCUT2D eigenvalue weighted by Crippen LogP contribution is -2.31. The summed E-state index contributed by atoms with van der Waals surface area (Å²) in [6.07, 6.45) is 0. The van der Waals surface area contributed by atoms with Crippen molar-refractivity contribution in [2.24, 2.45) is 0 Å². The van der Waals surface area contributed by atoms with E-state index in [-0.39, 0.29) is 5.82 Å². The van der Waals surface area contributed by atoms with Gasteiger partial charge in [-0.15, -0.1) is 0 Å². The monoisotopic (exact) mass is 224 g/mol. The van der Waals surface area contributed by atoms with Crippen LogP contribution in [0.3, 0.4) is 0 Å². The fraction of sp³-hybridized carbons (Fsp3) is 0.538. The Morgan fingerprint density at radius 2 is 2.06 bits per heavy atom. The molecular formula is C13H21FN2. The highest BCUT2D eigenvalue weighted by atomic mass is 19.1. The summed E-state index contributed by atoms with van der Waals surface area (Å²) < 4.78 is 13.2. The Morgan fingerprint density at radius 1 is 1.38 bits per heavy atom. The second kappa shape index (κ2) is 5.85. The van der Waals surface area contributed by atoms with E-state index in [1.807, 2.05) is 13.1 Å². The number of nitrogens with zero attached hydrogens (tertiary/aromatic N) is 1. The van der Waals surface area contributed by atoms with E-state index in [2.05, 4.69) is 31.0 Å². The van der Waals surface area contributed by atoms with E-state index in [4.69, 9.17) is 0 Å². The van der Waals surface area contributed by atoms with Crippen LogP contribution in [0.2, 0.25) is 0 Å². The van der Waals surface area contributed by atoms with Crippen molar-refractivity contribution < 1.29 is 4.39 Å². The number of halogens is 1. The molecule has 3 heteroatoms. The third kappa shape index (κ3) is 2.95. The molecule has 0 aliphatic carbocycles. The molecule has 1 N–H and O–H groups in total. The summed E-state index contributed by atoms with van der Waals surface area (Å²) in [4.78, 5) is 2.27. The minimum atomic E-state index is -0.172. The summed E-state index contributed by atoms with van der Waals surface area (Å²) in [5.41, 5.74) is 2.13. The van der Waals surface area contributed by atoms with Crippen LogP contribution in [0.15, 0.2) is 18.2 Å². The van der Waals surface area contributed by atoms with E-state index in [0.29, 0.717) is 12.6 Å². The van der Waals surface area contributed by atoms with E-state index in [0.717, 1.165) is 17.8 Å². The van der Waals surface area contributed by atoms with Gasteiger partial charge in [-0.25, -0.2) is 4.39 Å². The molecule has 2 nitrogen and oxygen atoms in total. The predicted octanol–water partition coefficient (Wildman–Crippen LogP) is 2.78. The quantitative estimate of drug-likeness (QED) is 0.827. The third-order valence-corrected chi connectivity index (χ3v) is 2.68. The Hall–Kier alpha value is -1.09. The van der Waals surface area contributed by atoms with Crippen molar-refractivity contribution in [1.82, 2.24) is 5.32 Å². The number of nitrogens with one attached hydrogen (secondary N) is 1. The molecule has 1 rings (SSSR count). The third-order valence-electron chi connectivity index (χ3n) is 2.68. The van der Waals surface area contributed by atoms with Gasteiger partial charge in [0.25, 0.3) is 0 Å². The van der Waals surface area contributed by atoms with Gasteiger partial charge in [0.15, 0.2) is 0 Å². The van der Waals surface area contributed by atoms with Crippen molar-refractivity contribution in [3.05, 3.63) is 29.6 Å². The summed E-state index contributed by atoms with van der Waals surface area (Å²) in [5, 5.41) is 3.08. The van der Waals surface area contributed by atoms with Crippen LogP contribution in [0.4, 0.5) is 10.1 Å². The van der Waals surface area contributed by atoms with Crippen molar-refractivity contribution in [3.63, 3.8) is 0 Å². The minimum absolute atomic E-state index is 0.172. The lowest BCUT2D eigenvalue weighted by atomic mass is 10.1. The summed E-state index contributed by atoms with van der Waals surface area (Å²) in [7, 11) is 1.88. The Kier molecular flexibility index (Phi) is 4.74. The fourth-order valence-electron chi connectivity index (χ4n) is 1.98. The van der Waals surface area contributed by atoms with Crippen LogP contribution in [0, 0.1) is 5.82 Å². The highest BCUT2D eigenvalue weighted by Crippen LogP contribution is 2.23. The number of anilines is 1. The first kappa shape index (κ1) is 13.0. The molecule has 0 fully saturated rings. The lowest BCUT2D eigenvalue weighted by Gasteiger charge is -2.29. The van der Waals surface area contributed by atoms with Crippen molar-refractivity contribution >= 4 is 5.69 Å². The van der Waals surface area contributed by atoms with E-state index in [1.165, 1.54) is 6.07 Å². The molecule has 0 bridgehead atoms. The first-order valence-electron chi connectivity index (χ1n) is 5.79. The molecule has 0 saturated carbocycles. The van der Waals surface area contributed by atoms with Gasteiger partial charge in [-0.05, 0) is 51.6 Å². The average molecular weight is 224 g/mol. The van der Waals surface area contributed by atoms with Gasteiger partial charge < -0.3 is 10.2 Å². The molecule has 0 amide bonds. The Morgan fingerprint density at radius 3 is 2.56 bits per heavy atom.